The molecule has 5 heteroatoms. The van der Waals surface area contributed by atoms with Gasteiger partial charge in [-0.25, -0.2) is 4.98 Å². The summed E-state index contributed by atoms with van der Waals surface area (Å²) >= 11 is 7.10. The molecule has 2 unspecified atom stereocenters. The summed E-state index contributed by atoms with van der Waals surface area (Å²) in [5.74, 6) is 1.89. The molecule has 2 aliphatic rings. The third-order valence-electron chi connectivity index (χ3n) is 4.43. The Bertz CT molecular complexity index is 466. The van der Waals surface area contributed by atoms with E-state index >= 15 is 0 Å². The van der Waals surface area contributed by atoms with E-state index in [4.69, 9.17) is 0 Å². The standard InChI is InChI=1S/C14H19Br2N3/c1-18-5-2-3-10-9-19(6-4-13(10)18)14-12(16)7-11(15)8-17-14/h7-8,10,13H,2-6,9H2,1H3. The van der Waals surface area contributed by atoms with Crippen LogP contribution in [0.1, 0.15) is 19.3 Å². The summed E-state index contributed by atoms with van der Waals surface area (Å²) in [6.45, 7) is 3.52. The monoisotopic (exact) mass is 387 g/mol. The van der Waals surface area contributed by atoms with Crippen molar-refractivity contribution < 1.29 is 0 Å². The number of hydrogen-bond donors (Lipinski definition) is 0. The number of likely N-dealkylation sites (tertiary alicyclic amines) is 1. The largest absolute Gasteiger partial charge is 0.355 e. The lowest BCUT2D eigenvalue weighted by Crippen LogP contribution is -2.53. The van der Waals surface area contributed by atoms with Crippen LogP contribution >= 0.6 is 31.9 Å². The third kappa shape index (κ3) is 2.83. The van der Waals surface area contributed by atoms with Gasteiger partial charge in [-0.05, 0) is 76.7 Å². The zero-order valence-electron chi connectivity index (χ0n) is 11.1. The van der Waals surface area contributed by atoms with Crippen LogP contribution in [-0.4, -0.2) is 42.6 Å². The molecule has 0 saturated carbocycles. The quantitative estimate of drug-likeness (QED) is 0.733. The topological polar surface area (TPSA) is 19.4 Å². The van der Waals surface area contributed by atoms with Crippen molar-refractivity contribution in [3.8, 4) is 0 Å². The number of hydrogen-bond acceptors (Lipinski definition) is 3. The molecule has 3 rings (SSSR count). The molecule has 19 heavy (non-hydrogen) atoms. The zero-order valence-corrected chi connectivity index (χ0v) is 14.3. The van der Waals surface area contributed by atoms with Gasteiger partial charge in [0, 0.05) is 29.8 Å². The average molecular weight is 389 g/mol. The van der Waals surface area contributed by atoms with E-state index in [1.165, 1.54) is 25.8 Å². The summed E-state index contributed by atoms with van der Waals surface area (Å²) in [4.78, 5) is 9.57. The van der Waals surface area contributed by atoms with Gasteiger partial charge in [0.25, 0.3) is 0 Å². The molecule has 2 saturated heterocycles. The first-order valence-electron chi connectivity index (χ1n) is 6.91. The third-order valence-corrected chi connectivity index (χ3v) is 5.45. The Balaban J connectivity index is 1.77. The Morgan fingerprint density at radius 1 is 1.26 bits per heavy atom. The van der Waals surface area contributed by atoms with Gasteiger partial charge in [0.15, 0.2) is 0 Å². The van der Waals surface area contributed by atoms with Crippen LogP contribution in [0.2, 0.25) is 0 Å². The molecule has 3 heterocycles. The highest BCUT2D eigenvalue weighted by Crippen LogP contribution is 2.34. The van der Waals surface area contributed by atoms with Crippen molar-refractivity contribution in [2.45, 2.75) is 25.3 Å². The molecule has 0 spiro atoms. The Morgan fingerprint density at radius 2 is 2.11 bits per heavy atom. The van der Waals surface area contributed by atoms with Crippen LogP contribution in [0.25, 0.3) is 0 Å². The molecule has 1 aromatic rings. The molecule has 2 fully saturated rings. The average Bonchev–Trinajstić information content (AvgIpc) is 2.38. The van der Waals surface area contributed by atoms with Crippen LogP contribution in [0.15, 0.2) is 21.2 Å². The number of pyridine rings is 1. The van der Waals surface area contributed by atoms with Gasteiger partial charge in [-0.2, -0.15) is 0 Å². The van der Waals surface area contributed by atoms with E-state index in [9.17, 15) is 0 Å². The second-order valence-electron chi connectivity index (χ2n) is 5.64. The predicted octanol–water partition coefficient (Wildman–Crippen LogP) is 3.53. The first kappa shape index (κ1) is 13.8. The highest BCUT2D eigenvalue weighted by molar-refractivity contribution is 9.11. The number of aromatic nitrogens is 1. The van der Waals surface area contributed by atoms with Crippen molar-refractivity contribution in [3.63, 3.8) is 0 Å². The summed E-state index contributed by atoms with van der Waals surface area (Å²) in [5, 5.41) is 0. The highest BCUT2D eigenvalue weighted by atomic mass is 79.9. The first-order chi connectivity index (χ1) is 9.15. The molecule has 0 radical (unpaired) electrons. The minimum Gasteiger partial charge on any atom is -0.355 e. The maximum Gasteiger partial charge on any atom is 0.142 e. The normalized spacial score (nSPS) is 28.3. The van der Waals surface area contributed by atoms with Gasteiger partial charge in [-0.1, -0.05) is 0 Å². The fourth-order valence-corrected chi connectivity index (χ4v) is 4.72. The summed E-state index contributed by atoms with van der Waals surface area (Å²) in [6, 6.07) is 2.86. The van der Waals surface area contributed by atoms with E-state index < -0.39 is 0 Å². The van der Waals surface area contributed by atoms with Gasteiger partial charge >= 0.3 is 0 Å². The maximum atomic E-state index is 4.58. The van der Waals surface area contributed by atoms with Gasteiger partial charge < -0.3 is 9.80 Å². The molecule has 3 nitrogen and oxygen atoms in total. The number of piperidine rings is 2. The molecule has 0 N–H and O–H groups in total. The van der Waals surface area contributed by atoms with Crippen LogP contribution < -0.4 is 4.90 Å². The smallest absolute Gasteiger partial charge is 0.142 e. The van der Waals surface area contributed by atoms with Gasteiger partial charge in [-0.3, -0.25) is 0 Å². The fraction of sp³-hybridized carbons (Fsp3) is 0.643. The summed E-state index contributed by atoms with van der Waals surface area (Å²) in [6.07, 6.45) is 5.84. The van der Waals surface area contributed by atoms with Gasteiger partial charge in [0.05, 0.1) is 4.47 Å². The van der Waals surface area contributed by atoms with Crippen LogP contribution in [0.4, 0.5) is 5.82 Å². The Kier molecular flexibility index (Phi) is 4.15. The van der Waals surface area contributed by atoms with Crippen molar-refractivity contribution in [2.24, 2.45) is 5.92 Å². The Labute approximate surface area is 131 Å². The van der Waals surface area contributed by atoms with E-state index in [-0.39, 0.29) is 0 Å². The molecule has 104 valence electrons. The Hall–Kier alpha value is -0.130. The van der Waals surface area contributed by atoms with Crippen molar-refractivity contribution in [2.75, 3.05) is 31.6 Å². The number of rotatable bonds is 1. The van der Waals surface area contributed by atoms with Crippen molar-refractivity contribution in [1.82, 2.24) is 9.88 Å². The second kappa shape index (κ2) is 5.70. The lowest BCUT2D eigenvalue weighted by atomic mass is 9.84. The SMILES string of the molecule is CN1CCCC2CN(c3ncc(Br)cc3Br)CCC21. The van der Waals surface area contributed by atoms with E-state index in [0.29, 0.717) is 0 Å². The van der Waals surface area contributed by atoms with Crippen molar-refractivity contribution >= 4 is 37.7 Å². The molecule has 2 atom stereocenters. The van der Waals surface area contributed by atoms with E-state index in [0.717, 1.165) is 39.8 Å². The minimum absolute atomic E-state index is 0.777. The lowest BCUT2D eigenvalue weighted by Gasteiger charge is -2.46. The molecular formula is C14H19Br2N3. The van der Waals surface area contributed by atoms with Crippen LogP contribution in [0, 0.1) is 5.92 Å². The fourth-order valence-electron chi connectivity index (χ4n) is 3.48. The van der Waals surface area contributed by atoms with Gasteiger partial charge in [-0.15, -0.1) is 0 Å². The van der Waals surface area contributed by atoms with E-state index in [2.05, 4.69) is 59.8 Å². The van der Waals surface area contributed by atoms with Crippen molar-refractivity contribution in [1.29, 1.82) is 0 Å². The zero-order chi connectivity index (χ0) is 13.4. The highest BCUT2D eigenvalue weighted by Gasteiger charge is 2.34. The predicted molar refractivity (Wildman–Crippen MR) is 85.6 cm³/mol. The van der Waals surface area contributed by atoms with Crippen LogP contribution in [-0.2, 0) is 0 Å². The van der Waals surface area contributed by atoms with Gasteiger partial charge in [0.1, 0.15) is 5.82 Å². The summed E-state index contributed by atoms with van der Waals surface area (Å²) < 4.78 is 2.11. The van der Waals surface area contributed by atoms with Crippen LogP contribution in [0.3, 0.4) is 0 Å². The molecule has 0 bridgehead atoms. The number of nitrogens with zero attached hydrogens (tertiary/aromatic N) is 3. The first-order valence-corrected chi connectivity index (χ1v) is 8.50. The second-order valence-corrected chi connectivity index (χ2v) is 7.41. The molecule has 2 aliphatic heterocycles. The maximum absolute atomic E-state index is 4.58. The van der Waals surface area contributed by atoms with E-state index in [1.807, 2.05) is 6.20 Å². The molecule has 0 amide bonds. The number of anilines is 1. The molecule has 0 aliphatic carbocycles. The minimum atomic E-state index is 0.777. The summed E-state index contributed by atoms with van der Waals surface area (Å²) in [5.41, 5.74) is 0. The molecule has 0 aromatic carbocycles. The van der Waals surface area contributed by atoms with E-state index in [1.54, 1.807) is 0 Å². The van der Waals surface area contributed by atoms with Crippen LogP contribution in [0.5, 0.6) is 0 Å². The molecular weight excluding hydrogens is 370 g/mol. The summed E-state index contributed by atoms with van der Waals surface area (Å²) in [7, 11) is 2.28. The number of fused-ring (bicyclic) bond motifs is 1. The lowest BCUT2D eigenvalue weighted by molar-refractivity contribution is 0.102. The van der Waals surface area contributed by atoms with Gasteiger partial charge in [0.2, 0.25) is 0 Å². The number of halogens is 2. The van der Waals surface area contributed by atoms with Crippen molar-refractivity contribution in [3.05, 3.63) is 21.2 Å². The Morgan fingerprint density at radius 3 is 2.89 bits per heavy atom. The molecule has 1 aromatic heterocycles.